The van der Waals surface area contributed by atoms with Gasteiger partial charge >= 0.3 is 6.03 Å². The quantitative estimate of drug-likeness (QED) is 0.517. The highest BCUT2D eigenvalue weighted by Crippen LogP contribution is 2.25. The fourth-order valence-corrected chi connectivity index (χ4v) is 2.30. The average Bonchev–Trinajstić information content (AvgIpc) is 3.17. The lowest BCUT2D eigenvalue weighted by Crippen LogP contribution is -2.46. The minimum absolute atomic E-state index is 0.0929. The number of carbonyl (C=O) groups is 2. The molecule has 1 aliphatic rings. The molecule has 1 rings (SSSR count). The molecule has 0 saturated heterocycles. The van der Waals surface area contributed by atoms with Crippen LogP contribution in [0.5, 0.6) is 0 Å². The molecule has 0 aromatic rings. The van der Waals surface area contributed by atoms with Crippen LogP contribution in [0.3, 0.4) is 0 Å². The molecule has 0 bridgehead atoms. The second-order valence-corrected chi connectivity index (χ2v) is 7.01. The number of rotatable bonds is 9. The van der Waals surface area contributed by atoms with Gasteiger partial charge in [-0.3, -0.25) is 15.0 Å². The molecule has 0 aliphatic heterocycles. The molecule has 1 saturated carbocycles. The van der Waals surface area contributed by atoms with Crippen LogP contribution in [0.15, 0.2) is 0 Å². The lowest BCUT2D eigenvalue weighted by atomic mass is 10.4. The zero-order valence-electron chi connectivity index (χ0n) is 12.5. The topological polar surface area (TPSA) is 108 Å². The van der Waals surface area contributed by atoms with Gasteiger partial charge in [-0.05, 0) is 19.3 Å². The Kier molecular flexibility index (Phi) is 7.06. The van der Waals surface area contributed by atoms with E-state index in [4.69, 9.17) is 0 Å². The summed E-state index contributed by atoms with van der Waals surface area (Å²) in [5.41, 5.74) is 0. The van der Waals surface area contributed by atoms with Gasteiger partial charge in [-0.2, -0.15) is 0 Å². The van der Waals surface area contributed by atoms with E-state index in [1.54, 1.807) is 0 Å². The van der Waals surface area contributed by atoms with Crippen molar-refractivity contribution in [1.29, 1.82) is 0 Å². The third-order valence-electron chi connectivity index (χ3n) is 2.96. The summed E-state index contributed by atoms with van der Waals surface area (Å²) in [4.78, 5) is 25.0. The molecule has 3 N–H and O–H groups in total. The lowest BCUT2D eigenvalue weighted by molar-refractivity contribution is -0.121. The summed E-state index contributed by atoms with van der Waals surface area (Å²) in [7, 11) is -3.22. The van der Waals surface area contributed by atoms with E-state index in [9.17, 15) is 18.0 Å². The van der Waals surface area contributed by atoms with Crippen molar-refractivity contribution < 1.29 is 18.0 Å². The Labute approximate surface area is 125 Å². The molecule has 0 spiro atoms. The Morgan fingerprint density at radius 1 is 1.24 bits per heavy atom. The van der Waals surface area contributed by atoms with Gasteiger partial charge in [0.15, 0.2) is 0 Å². The Balaban J connectivity index is 2.33. The SMILES string of the molecule is CCCNC(=O)NC(=O)CN(CCNS(C)(=O)=O)C1CC1. The molecule has 0 radical (unpaired) electrons. The van der Waals surface area contributed by atoms with E-state index in [-0.39, 0.29) is 19.0 Å². The highest BCUT2D eigenvalue weighted by atomic mass is 32.2. The normalized spacial score (nSPS) is 15.0. The van der Waals surface area contributed by atoms with Gasteiger partial charge in [0, 0.05) is 25.7 Å². The van der Waals surface area contributed by atoms with E-state index in [1.807, 2.05) is 11.8 Å². The van der Waals surface area contributed by atoms with Gasteiger partial charge in [-0.1, -0.05) is 6.92 Å². The van der Waals surface area contributed by atoms with Crippen molar-refractivity contribution in [2.75, 3.05) is 32.4 Å². The van der Waals surface area contributed by atoms with Crippen LogP contribution in [0.25, 0.3) is 0 Å². The van der Waals surface area contributed by atoms with Crippen molar-refractivity contribution in [3.8, 4) is 0 Å². The van der Waals surface area contributed by atoms with Gasteiger partial charge in [0.25, 0.3) is 0 Å². The minimum Gasteiger partial charge on any atom is -0.338 e. The third kappa shape index (κ3) is 8.64. The molecule has 122 valence electrons. The summed E-state index contributed by atoms with van der Waals surface area (Å²) in [6.45, 7) is 3.23. The molecule has 0 aromatic carbocycles. The molecular weight excluding hydrogens is 296 g/mol. The molecule has 0 unspecified atom stereocenters. The number of carbonyl (C=O) groups excluding carboxylic acids is 2. The number of nitrogens with zero attached hydrogens (tertiary/aromatic N) is 1. The fraction of sp³-hybridized carbons (Fsp3) is 0.833. The predicted octanol–water partition coefficient (Wildman–Crippen LogP) is -0.764. The standard InChI is InChI=1S/C12H24N4O4S/c1-3-6-13-12(18)15-11(17)9-16(10-4-5-10)8-7-14-21(2,19)20/h10,14H,3-9H2,1-2H3,(H2,13,15,17,18). The first-order valence-electron chi connectivity index (χ1n) is 7.08. The van der Waals surface area contributed by atoms with E-state index in [0.717, 1.165) is 25.5 Å². The molecule has 1 fully saturated rings. The molecule has 21 heavy (non-hydrogen) atoms. The summed E-state index contributed by atoms with van der Waals surface area (Å²) in [5.74, 6) is -0.380. The first-order chi connectivity index (χ1) is 9.81. The molecule has 8 nitrogen and oxygen atoms in total. The number of sulfonamides is 1. The van der Waals surface area contributed by atoms with Gasteiger partial charge < -0.3 is 5.32 Å². The van der Waals surface area contributed by atoms with Crippen LogP contribution in [-0.4, -0.2) is 63.7 Å². The summed E-state index contributed by atoms with van der Waals surface area (Å²) in [6.07, 6.45) is 3.88. The molecular formula is C12H24N4O4S. The van der Waals surface area contributed by atoms with Crippen LogP contribution in [0.1, 0.15) is 26.2 Å². The third-order valence-corrected chi connectivity index (χ3v) is 3.69. The first-order valence-corrected chi connectivity index (χ1v) is 8.97. The molecule has 1 aliphatic carbocycles. The van der Waals surface area contributed by atoms with Gasteiger partial charge in [0.2, 0.25) is 15.9 Å². The Hall–Kier alpha value is -1.19. The van der Waals surface area contributed by atoms with Crippen LogP contribution < -0.4 is 15.4 Å². The van der Waals surface area contributed by atoms with Crippen molar-refractivity contribution in [3.63, 3.8) is 0 Å². The Bertz CT molecular complexity index is 462. The summed E-state index contributed by atoms with van der Waals surface area (Å²) in [5, 5.41) is 4.83. The Morgan fingerprint density at radius 2 is 1.90 bits per heavy atom. The highest BCUT2D eigenvalue weighted by Gasteiger charge is 2.30. The maximum Gasteiger partial charge on any atom is 0.321 e. The number of nitrogens with one attached hydrogen (secondary N) is 3. The number of urea groups is 1. The van der Waals surface area contributed by atoms with Crippen molar-refractivity contribution >= 4 is 22.0 Å². The van der Waals surface area contributed by atoms with E-state index in [1.165, 1.54) is 0 Å². The maximum atomic E-state index is 11.8. The van der Waals surface area contributed by atoms with E-state index >= 15 is 0 Å². The van der Waals surface area contributed by atoms with Gasteiger partial charge in [-0.15, -0.1) is 0 Å². The van der Waals surface area contributed by atoms with Crippen LogP contribution in [0.2, 0.25) is 0 Å². The number of amides is 3. The summed E-state index contributed by atoms with van der Waals surface area (Å²) < 4.78 is 24.4. The zero-order chi connectivity index (χ0) is 15.9. The molecule has 0 atom stereocenters. The van der Waals surface area contributed by atoms with Gasteiger partial charge in [0.1, 0.15) is 0 Å². The number of hydrogen-bond donors (Lipinski definition) is 3. The summed E-state index contributed by atoms with van der Waals surface area (Å²) >= 11 is 0. The fourth-order valence-electron chi connectivity index (χ4n) is 1.84. The van der Waals surface area contributed by atoms with E-state index < -0.39 is 16.1 Å². The van der Waals surface area contributed by atoms with Crippen molar-refractivity contribution in [2.45, 2.75) is 32.2 Å². The van der Waals surface area contributed by atoms with E-state index in [0.29, 0.717) is 19.1 Å². The first kappa shape index (κ1) is 17.9. The second-order valence-electron chi connectivity index (χ2n) is 5.17. The van der Waals surface area contributed by atoms with Gasteiger partial charge in [-0.25, -0.2) is 17.9 Å². The van der Waals surface area contributed by atoms with Gasteiger partial charge in [0.05, 0.1) is 12.8 Å². The van der Waals surface area contributed by atoms with Crippen LogP contribution in [0, 0.1) is 0 Å². The smallest absolute Gasteiger partial charge is 0.321 e. The molecule has 0 aromatic heterocycles. The van der Waals surface area contributed by atoms with Crippen LogP contribution in [0.4, 0.5) is 4.79 Å². The number of imide groups is 1. The van der Waals surface area contributed by atoms with Crippen molar-refractivity contribution in [1.82, 2.24) is 20.3 Å². The monoisotopic (exact) mass is 320 g/mol. The number of hydrogen-bond acceptors (Lipinski definition) is 5. The minimum atomic E-state index is -3.22. The predicted molar refractivity (Wildman–Crippen MR) is 79.3 cm³/mol. The largest absolute Gasteiger partial charge is 0.338 e. The molecule has 3 amide bonds. The highest BCUT2D eigenvalue weighted by molar-refractivity contribution is 7.88. The lowest BCUT2D eigenvalue weighted by Gasteiger charge is -2.21. The summed E-state index contributed by atoms with van der Waals surface area (Å²) in [6, 6.07) is -0.192. The maximum absolute atomic E-state index is 11.8. The Morgan fingerprint density at radius 3 is 2.43 bits per heavy atom. The molecule has 9 heteroatoms. The van der Waals surface area contributed by atoms with Crippen LogP contribution in [-0.2, 0) is 14.8 Å². The average molecular weight is 320 g/mol. The van der Waals surface area contributed by atoms with Crippen LogP contribution >= 0.6 is 0 Å². The van der Waals surface area contributed by atoms with Crippen molar-refractivity contribution in [3.05, 3.63) is 0 Å². The van der Waals surface area contributed by atoms with E-state index in [2.05, 4.69) is 15.4 Å². The molecule has 0 heterocycles. The van der Waals surface area contributed by atoms with Crippen molar-refractivity contribution in [2.24, 2.45) is 0 Å². The second kappa shape index (κ2) is 8.30. The zero-order valence-corrected chi connectivity index (χ0v) is 13.3.